The lowest BCUT2D eigenvalue weighted by Gasteiger charge is -2.06. The monoisotopic (exact) mass is 270 g/mol. The largest absolute Gasteiger partial charge is 0.451 e. The molecule has 0 aromatic carbocycles. The van der Waals surface area contributed by atoms with Crippen LogP contribution >= 0.6 is 0 Å². The highest BCUT2D eigenvalue weighted by Crippen LogP contribution is 2.10. The molecule has 2 aromatic heterocycles. The van der Waals surface area contributed by atoms with Crippen molar-refractivity contribution < 1.29 is 19.3 Å². The van der Waals surface area contributed by atoms with Crippen LogP contribution in [0.4, 0.5) is 0 Å². The zero-order valence-corrected chi connectivity index (χ0v) is 11.1. The molecule has 4 nitrogen and oxygen atoms in total. The van der Waals surface area contributed by atoms with Gasteiger partial charge in [-0.25, -0.2) is 0 Å². The van der Waals surface area contributed by atoms with Gasteiger partial charge in [0.2, 0.25) is 5.69 Å². The molecular formula is C16H18N2O2+2. The first-order valence-corrected chi connectivity index (χ1v) is 6.31. The lowest BCUT2D eigenvalue weighted by atomic mass is 10.2. The average molecular weight is 270 g/mol. The first kappa shape index (κ1) is 14.1. The van der Waals surface area contributed by atoms with Crippen LogP contribution in [-0.2, 0) is 0 Å². The predicted octanol–water partition coefficient (Wildman–Crippen LogP) is 1.15. The van der Waals surface area contributed by atoms with Crippen LogP contribution in [0.3, 0.4) is 0 Å². The zero-order valence-electron chi connectivity index (χ0n) is 11.1. The molecular weight excluding hydrogens is 252 g/mol. The Morgan fingerprint density at radius 2 is 1.65 bits per heavy atom. The minimum Gasteiger partial charge on any atom is -0.378 e. The summed E-state index contributed by atoms with van der Waals surface area (Å²) in [7, 11) is 0. The Kier molecular flexibility index (Phi) is 4.40. The summed E-state index contributed by atoms with van der Waals surface area (Å²) in [6.07, 6.45) is 4.85. The summed E-state index contributed by atoms with van der Waals surface area (Å²) in [5, 5.41) is 20.0. The van der Waals surface area contributed by atoms with Crippen molar-refractivity contribution in [2.75, 3.05) is 0 Å². The first-order chi connectivity index (χ1) is 9.69. The minimum absolute atomic E-state index is 0.665. The van der Waals surface area contributed by atoms with E-state index in [1.165, 1.54) is 12.2 Å². The van der Waals surface area contributed by atoms with Gasteiger partial charge in [0.15, 0.2) is 18.5 Å². The van der Waals surface area contributed by atoms with Gasteiger partial charge in [-0.15, -0.1) is 9.13 Å². The lowest BCUT2D eigenvalue weighted by Crippen LogP contribution is -2.52. The van der Waals surface area contributed by atoms with E-state index in [0.717, 1.165) is 5.82 Å². The van der Waals surface area contributed by atoms with Crippen LogP contribution in [0, 0.1) is 0 Å². The number of hydrogen-bond donors (Lipinski definition) is 2. The second kappa shape index (κ2) is 6.23. The number of aliphatic hydroxyl groups is 2. The molecule has 0 aliphatic carbocycles. The molecule has 0 radical (unpaired) electrons. The minimum atomic E-state index is -0.840. The topological polar surface area (TPSA) is 48.2 Å². The fraction of sp³-hybridized carbons (Fsp3) is 0.125. The zero-order chi connectivity index (χ0) is 14.5. The van der Waals surface area contributed by atoms with E-state index in [0.29, 0.717) is 5.69 Å². The highest BCUT2D eigenvalue weighted by atomic mass is 16.3. The molecule has 2 heterocycles. The number of nitrogens with zero attached hydrogens (tertiary/aromatic N) is 2. The molecule has 102 valence electrons. The van der Waals surface area contributed by atoms with E-state index < -0.39 is 12.3 Å². The van der Waals surface area contributed by atoms with Gasteiger partial charge >= 0.3 is 5.82 Å². The van der Waals surface area contributed by atoms with Gasteiger partial charge in [0.05, 0.1) is 6.07 Å². The Labute approximate surface area is 118 Å². The third-order valence-corrected chi connectivity index (χ3v) is 3.03. The van der Waals surface area contributed by atoms with E-state index in [9.17, 15) is 10.2 Å². The highest BCUT2D eigenvalue weighted by molar-refractivity contribution is 5.11. The van der Waals surface area contributed by atoms with Crippen LogP contribution in [0.1, 0.15) is 18.0 Å². The molecule has 0 aliphatic rings. The summed E-state index contributed by atoms with van der Waals surface area (Å²) in [5.74, 6) is 0.719. The lowest BCUT2D eigenvalue weighted by molar-refractivity contribution is -0.824. The Morgan fingerprint density at radius 3 is 2.35 bits per heavy atom. The third kappa shape index (κ3) is 2.66. The van der Waals surface area contributed by atoms with Gasteiger partial charge in [-0.1, -0.05) is 19.2 Å². The molecule has 2 N–H and O–H groups in total. The number of aromatic nitrogens is 2. The highest BCUT2D eigenvalue weighted by Gasteiger charge is 2.28. The maximum Gasteiger partial charge on any atom is 0.451 e. The van der Waals surface area contributed by atoms with E-state index in [-0.39, 0.29) is 0 Å². The summed E-state index contributed by atoms with van der Waals surface area (Å²) in [4.78, 5) is 0. The molecule has 2 unspecified atom stereocenters. The Morgan fingerprint density at radius 1 is 0.950 bits per heavy atom. The second-order valence-corrected chi connectivity index (χ2v) is 4.29. The summed E-state index contributed by atoms with van der Waals surface area (Å²) in [6.45, 7) is 7.21. The molecule has 0 spiro atoms. The van der Waals surface area contributed by atoms with Crippen LogP contribution < -0.4 is 9.13 Å². The average Bonchev–Trinajstić information content (AvgIpc) is 2.53. The van der Waals surface area contributed by atoms with Crippen LogP contribution in [0.15, 0.2) is 74.1 Å². The van der Waals surface area contributed by atoms with Gasteiger partial charge in [0.1, 0.15) is 0 Å². The molecule has 20 heavy (non-hydrogen) atoms. The van der Waals surface area contributed by atoms with E-state index in [1.54, 1.807) is 15.3 Å². The number of rotatable bonds is 5. The van der Waals surface area contributed by atoms with Crippen molar-refractivity contribution in [2.24, 2.45) is 0 Å². The van der Waals surface area contributed by atoms with Crippen molar-refractivity contribution in [1.29, 1.82) is 0 Å². The fourth-order valence-corrected chi connectivity index (χ4v) is 2.02. The van der Waals surface area contributed by atoms with Crippen LogP contribution in [-0.4, -0.2) is 10.2 Å². The van der Waals surface area contributed by atoms with E-state index in [4.69, 9.17) is 0 Å². The van der Waals surface area contributed by atoms with E-state index >= 15 is 0 Å². The molecule has 2 aromatic rings. The maximum atomic E-state index is 10.0. The summed E-state index contributed by atoms with van der Waals surface area (Å²) in [5.41, 5.74) is 0.665. The van der Waals surface area contributed by atoms with Gasteiger partial charge in [-0.05, 0) is 12.1 Å². The standard InChI is InChI=1S/C16H18N2O2/c1-3-14(19)13-9-5-7-11-17(13)15-10-6-8-12-18(15)16(20)4-2/h3-12,14,16,19-20H,1-2H2/q+2. The summed E-state index contributed by atoms with van der Waals surface area (Å²) in [6, 6.07) is 11.1. The van der Waals surface area contributed by atoms with Crippen molar-refractivity contribution in [3.05, 3.63) is 79.8 Å². The molecule has 0 saturated heterocycles. The molecule has 2 atom stereocenters. The second-order valence-electron chi connectivity index (χ2n) is 4.29. The Bertz CT molecular complexity index is 570. The number of hydrogen-bond acceptors (Lipinski definition) is 2. The molecule has 0 fully saturated rings. The van der Waals surface area contributed by atoms with Crippen LogP contribution in [0.25, 0.3) is 5.82 Å². The molecule has 0 bridgehead atoms. The quantitative estimate of drug-likeness (QED) is 0.632. The summed E-state index contributed by atoms with van der Waals surface area (Å²) < 4.78 is 3.46. The molecule has 4 heteroatoms. The van der Waals surface area contributed by atoms with Crippen molar-refractivity contribution >= 4 is 0 Å². The van der Waals surface area contributed by atoms with Gasteiger partial charge in [0.25, 0.3) is 6.23 Å². The smallest absolute Gasteiger partial charge is 0.378 e. The summed E-state index contributed by atoms with van der Waals surface area (Å²) >= 11 is 0. The first-order valence-electron chi connectivity index (χ1n) is 6.31. The third-order valence-electron chi connectivity index (χ3n) is 3.03. The van der Waals surface area contributed by atoms with Crippen LogP contribution in [0.2, 0.25) is 0 Å². The van der Waals surface area contributed by atoms with Crippen molar-refractivity contribution in [2.45, 2.75) is 12.3 Å². The molecule has 0 saturated carbocycles. The predicted molar refractivity (Wildman–Crippen MR) is 74.8 cm³/mol. The van der Waals surface area contributed by atoms with Crippen molar-refractivity contribution in [3.63, 3.8) is 0 Å². The van der Waals surface area contributed by atoms with Gasteiger partial charge < -0.3 is 10.2 Å². The van der Waals surface area contributed by atoms with E-state index in [1.807, 2.05) is 42.6 Å². The van der Waals surface area contributed by atoms with Crippen molar-refractivity contribution in [3.8, 4) is 5.82 Å². The SMILES string of the molecule is C=CC(O)c1cccc[n+]1-c1cccc[n+]1C(O)C=C. The number of aliphatic hydroxyl groups excluding tert-OH is 2. The van der Waals surface area contributed by atoms with Gasteiger partial charge in [0, 0.05) is 24.3 Å². The molecule has 0 aliphatic heterocycles. The van der Waals surface area contributed by atoms with Gasteiger partial charge in [-0.3, -0.25) is 0 Å². The van der Waals surface area contributed by atoms with Crippen LogP contribution in [0.5, 0.6) is 0 Å². The fourth-order valence-electron chi connectivity index (χ4n) is 2.02. The number of pyridine rings is 2. The van der Waals surface area contributed by atoms with E-state index in [2.05, 4.69) is 13.2 Å². The maximum absolute atomic E-state index is 10.0. The molecule has 0 amide bonds. The van der Waals surface area contributed by atoms with Gasteiger partial charge in [-0.2, -0.15) is 0 Å². The molecule has 2 rings (SSSR count). The Balaban J connectivity index is 2.63. The Hall–Kier alpha value is -2.30. The van der Waals surface area contributed by atoms with Crippen molar-refractivity contribution in [1.82, 2.24) is 0 Å². The normalized spacial score (nSPS) is 13.5.